The summed E-state index contributed by atoms with van der Waals surface area (Å²) in [7, 11) is 0. The Hall–Kier alpha value is -1.06. The smallest absolute Gasteiger partial charge is 0.328 e. The highest BCUT2D eigenvalue weighted by Crippen LogP contribution is 2.27. The zero-order chi connectivity index (χ0) is 10.9. The van der Waals surface area contributed by atoms with Gasteiger partial charge >= 0.3 is 5.97 Å². The minimum Gasteiger partial charge on any atom is -0.480 e. The third-order valence-corrected chi connectivity index (χ3v) is 2.47. The second kappa shape index (κ2) is 3.59. The number of aliphatic carboxylic acids is 1. The van der Waals surface area contributed by atoms with E-state index in [2.05, 4.69) is 25.9 Å². The molecule has 0 fully saturated rings. The molecule has 0 amide bonds. The molecule has 0 aromatic rings. The number of carbonyl (C=O) groups is 1. The lowest BCUT2D eigenvalue weighted by atomic mass is 9.87. The first-order valence-corrected chi connectivity index (χ1v) is 4.93. The van der Waals surface area contributed by atoms with Gasteiger partial charge in [-0.1, -0.05) is 20.8 Å². The molecule has 1 N–H and O–H groups in total. The molecule has 4 heteroatoms. The lowest BCUT2D eigenvalue weighted by molar-refractivity contribution is -0.142. The van der Waals surface area contributed by atoms with E-state index in [1.165, 1.54) is 0 Å². The summed E-state index contributed by atoms with van der Waals surface area (Å²) < 4.78 is 0. The number of rotatable bonds is 2. The number of likely N-dealkylation sites (N-methyl/N-ethyl adjacent to an activating group) is 1. The molecule has 1 aliphatic rings. The first-order valence-electron chi connectivity index (χ1n) is 4.93. The maximum atomic E-state index is 10.9. The van der Waals surface area contributed by atoms with Crippen molar-refractivity contribution in [3.63, 3.8) is 0 Å². The standard InChI is InChI=1S/C10H18N2O2/c1-5-12-7(9(13)14)6-8(11-12)10(2,3)4/h7H,5-6H2,1-4H3,(H,13,14). The zero-order valence-electron chi connectivity index (χ0n) is 9.24. The van der Waals surface area contributed by atoms with Gasteiger partial charge in [0.15, 0.2) is 0 Å². The number of carboxylic acids is 1. The number of carboxylic acid groups (broad SMARTS) is 1. The molecule has 1 rings (SSSR count). The molecule has 0 saturated heterocycles. The molecule has 0 aromatic carbocycles. The van der Waals surface area contributed by atoms with Crippen molar-refractivity contribution < 1.29 is 9.90 Å². The van der Waals surface area contributed by atoms with Gasteiger partial charge in [-0.25, -0.2) is 4.79 Å². The molecule has 80 valence electrons. The SMILES string of the molecule is CCN1N=C(C(C)(C)C)CC1C(=O)O. The third kappa shape index (κ3) is 2.05. The summed E-state index contributed by atoms with van der Waals surface area (Å²) >= 11 is 0. The topological polar surface area (TPSA) is 52.9 Å². The van der Waals surface area contributed by atoms with Gasteiger partial charge in [-0.3, -0.25) is 5.01 Å². The quantitative estimate of drug-likeness (QED) is 0.732. The summed E-state index contributed by atoms with van der Waals surface area (Å²) in [4.78, 5) is 10.9. The van der Waals surface area contributed by atoms with Crippen molar-refractivity contribution in [3.8, 4) is 0 Å². The van der Waals surface area contributed by atoms with E-state index in [4.69, 9.17) is 5.11 Å². The summed E-state index contributed by atoms with van der Waals surface area (Å²) in [6.07, 6.45) is 0.548. The van der Waals surface area contributed by atoms with Gasteiger partial charge in [0.1, 0.15) is 6.04 Å². The normalized spacial score (nSPS) is 22.4. The largest absolute Gasteiger partial charge is 0.480 e. The Labute approximate surface area is 84.6 Å². The van der Waals surface area contributed by atoms with Crippen LogP contribution in [0.1, 0.15) is 34.1 Å². The van der Waals surface area contributed by atoms with Crippen LogP contribution in [-0.4, -0.2) is 34.4 Å². The van der Waals surface area contributed by atoms with E-state index in [0.717, 1.165) is 5.71 Å². The first kappa shape index (κ1) is 11.0. The average molecular weight is 198 g/mol. The van der Waals surface area contributed by atoms with Gasteiger partial charge in [0.2, 0.25) is 0 Å². The van der Waals surface area contributed by atoms with Crippen LogP contribution in [-0.2, 0) is 4.79 Å². The van der Waals surface area contributed by atoms with Gasteiger partial charge in [0.25, 0.3) is 0 Å². The lowest BCUT2D eigenvalue weighted by Gasteiger charge is -2.17. The Balaban J connectivity index is 2.82. The molecule has 0 spiro atoms. The van der Waals surface area contributed by atoms with E-state index in [1.807, 2.05) is 6.92 Å². The highest BCUT2D eigenvalue weighted by atomic mass is 16.4. The van der Waals surface area contributed by atoms with Crippen molar-refractivity contribution in [2.75, 3.05) is 6.54 Å². The van der Waals surface area contributed by atoms with Crippen LogP contribution < -0.4 is 0 Å². The summed E-state index contributed by atoms with van der Waals surface area (Å²) in [5.41, 5.74) is 0.948. The van der Waals surface area contributed by atoms with Crippen LogP contribution in [0.4, 0.5) is 0 Å². The van der Waals surface area contributed by atoms with Crippen LogP contribution in [0, 0.1) is 5.41 Å². The minimum absolute atomic E-state index is 0.0301. The van der Waals surface area contributed by atoms with E-state index in [0.29, 0.717) is 13.0 Å². The molecule has 0 bridgehead atoms. The van der Waals surface area contributed by atoms with Crippen LogP contribution in [0.15, 0.2) is 5.10 Å². The van der Waals surface area contributed by atoms with Gasteiger partial charge < -0.3 is 5.11 Å². The van der Waals surface area contributed by atoms with Crippen molar-refractivity contribution in [1.29, 1.82) is 0 Å². The van der Waals surface area contributed by atoms with Crippen LogP contribution in [0.25, 0.3) is 0 Å². The highest BCUT2D eigenvalue weighted by molar-refractivity contribution is 5.95. The Morgan fingerprint density at radius 3 is 2.50 bits per heavy atom. The molecular weight excluding hydrogens is 180 g/mol. The van der Waals surface area contributed by atoms with Gasteiger partial charge in [-0.2, -0.15) is 5.10 Å². The van der Waals surface area contributed by atoms with E-state index < -0.39 is 12.0 Å². The third-order valence-electron chi connectivity index (χ3n) is 2.47. The van der Waals surface area contributed by atoms with Crippen molar-refractivity contribution in [1.82, 2.24) is 5.01 Å². The molecule has 0 radical (unpaired) electrons. The Kier molecular flexibility index (Phi) is 2.83. The van der Waals surface area contributed by atoms with E-state index in [-0.39, 0.29) is 5.41 Å². The Morgan fingerprint density at radius 2 is 2.21 bits per heavy atom. The number of hydrogen-bond donors (Lipinski definition) is 1. The molecule has 1 heterocycles. The van der Waals surface area contributed by atoms with E-state index in [9.17, 15) is 4.79 Å². The Bertz CT molecular complexity index is 266. The monoisotopic (exact) mass is 198 g/mol. The molecule has 1 aliphatic heterocycles. The van der Waals surface area contributed by atoms with Crippen LogP contribution in [0.2, 0.25) is 0 Å². The lowest BCUT2D eigenvalue weighted by Crippen LogP contribution is -2.34. The molecule has 0 aliphatic carbocycles. The van der Waals surface area contributed by atoms with E-state index in [1.54, 1.807) is 5.01 Å². The molecule has 4 nitrogen and oxygen atoms in total. The van der Waals surface area contributed by atoms with Crippen molar-refractivity contribution >= 4 is 11.7 Å². The minimum atomic E-state index is -0.783. The maximum Gasteiger partial charge on any atom is 0.328 e. The molecule has 0 saturated carbocycles. The predicted molar refractivity (Wildman–Crippen MR) is 55.3 cm³/mol. The van der Waals surface area contributed by atoms with Crippen LogP contribution in [0.3, 0.4) is 0 Å². The second-order valence-corrected chi connectivity index (χ2v) is 4.61. The van der Waals surface area contributed by atoms with Gasteiger partial charge in [0, 0.05) is 24.1 Å². The fraction of sp³-hybridized carbons (Fsp3) is 0.800. The van der Waals surface area contributed by atoms with Gasteiger partial charge in [-0.05, 0) is 6.92 Å². The summed E-state index contributed by atoms with van der Waals surface area (Å²) in [6, 6.07) is -0.464. The number of nitrogens with zero attached hydrogens (tertiary/aromatic N) is 2. The van der Waals surface area contributed by atoms with E-state index >= 15 is 0 Å². The second-order valence-electron chi connectivity index (χ2n) is 4.61. The van der Waals surface area contributed by atoms with Gasteiger partial charge in [-0.15, -0.1) is 0 Å². The van der Waals surface area contributed by atoms with Crippen LogP contribution >= 0.6 is 0 Å². The molecule has 0 aromatic heterocycles. The molecule has 1 unspecified atom stereocenters. The fourth-order valence-corrected chi connectivity index (χ4v) is 1.52. The summed E-state index contributed by atoms with van der Waals surface area (Å²) in [5.74, 6) is -0.783. The molecule has 1 atom stereocenters. The first-order chi connectivity index (χ1) is 6.36. The maximum absolute atomic E-state index is 10.9. The van der Waals surface area contributed by atoms with Crippen molar-refractivity contribution in [3.05, 3.63) is 0 Å². The summed E-state index contributed by atoms with van der Waals surface area (Å²) in [6.45, 7) is 8.75. The number of hydrazone groups is 1. The van der Waals surface area contributed by atoms with Crippen molar-refractivity contribution in [2.45, 2.75) is 40.2 Å². The van der Waals surface area contributed by atoms with Crippen molar-refractivity contribution in [2.24, 2.45) is 10.5 Å². The zero-order valence-corrected chi connectivity index (χ0v) is 9.24. The number of hydrogen-bond acceptors (Lipinski definition) is 3. The van der Waals surface area contributed by atoms with Gasteiger partial charge in [0.05, 0.1) is 0 Å². The Morgan fingerprint density at radius 1 is 1.64 bits per heavy atom. The van der Waals surface area contributed by atoms with Crippen LogP contribution in [0.5, 0.6) is 0 Å². The molecule has 14 heavy (non-hydrogen) atoms. The highest BCUT2D eigenvalue weighted by Gasteiger charge is 2.35. The molecular formula is C10H18N2O2. The summed E-state index contributed by atoms with van der Waals surface area (Å²) in [5, 5.41) is 15.0. The fourth-order valence-electron chi connectivity index (χ4n) is 1.52. The average Bonchev–Trinajstić information content (AvgIpc) is 2.45. The predicted octanol–water partition coefficient (Wildman–Crippen LogP) is 1.57.